The summed E-state index contributed by atoms with van der Waals surface area (Å²) in [5, 5.41) is 0. The zero-order valence-corrected chi connectivity index (χ0v) is 12.6. The number of rotatable bonds is 7. The summed E-state index contributed by atoms with van der Waals surface area (Å²) in [6.07, 6.45) is 1.29. The fraction of sp³-hybridized carbons (Fsp3) is 1.00. The second-order valence-electron chi connectivity index (χ2n) is 2.83. The molecule has 0 rings (SSSR count). The summed E-state index contributed by atoms with van der Waals surface area (Å²) in [6.45, 7) is 1.19. The number of hydrogen-bond acceptors (Lipinski definition) is 3. The van der Waals surface area contributed by atoms with Crippen LogP contribution in [0.1, 0.15) is 6.42 Å². The number of hydrogen-bond donors (Lipinski definition) is 0. The lowest BCUT2D eigenvalue weighted by atomic mass is 10.5. The van der Waals surface area contributed by atoms with Gasteiger partial charge in [-0.1, -0.05) is 0 Å². The average Bonchev–Trinajstić information content (AvgIpc) is 1.96. The van der Waals surface area contributed by atoms with Crippen LogP contribution in [0.15, 0.2) is 0 Å². The van der Waals surface area contributed by atoms with Crippen molar-refractivity contribution in [2.75, 3.05) is 20.6 Å². The van der Waals surface area contributed by atoms with E-state index in [0.29, 0.717) is 0 Å². The second kappa shape index (κ2) is 8.63. The standard InChI is InChI=1S/C5H19NO2Si3/c1-6(2)4-3-5-10-8-11-7-9/h3-5,10-11H2,1-2,9H3. The molecule has 0 atom stereocenters. The Morgan fingerprint density at radius 2 is 2.18 bits per heavy atom. The molecule has 68 valence electrons. The fourth-order valence-electron chi connectivity index (χ4n) is 0.774. The lowest BCUT2D eigenvalue weighted by Gasteiger charge is -2.08. The van der Waals surface area contributed by atoms with Gasteiger partial charge in [0, 0.05) is 0 Å². The minimum atomic E-state index is -0.516. The molecule has 0 aromatic rings. The largest absolute Gasteiger partial charge is 0.449 e. The van der Waals surface area contributed by atoms with E-state index in [4.69, 9.17) is 8.23 Å². The molecule has 0 aromatic carbocycles. The van der Waals surface area contributed by atoms with Gasteiger partial charge in [0.05, 0.1) is 0 Å². The molecule has 3 nitrogen and oxygen atoms in total. The highest BCUT2D eigenvalue weighted by atomic mass is 28.3. The van der Waals surface area contributed by atoms with E-state index >= 15 is 0 Å². The molecule has 0 N–H and O–H groups in total. The molecule has 0 unspecified atom stereocenters. The van der Waals surface area contributed by atoms with Crippen molar-refractivity contribution < 1.29 is 8.23 Å². The third-order valence-electron chi connectivity index (χ3n) is 1.35. The van der Waals surface area contributed by atoms with Crippen LogP contribution in [0.5, 0.6) is 0 Å². The minimum absolute atomic E-state index is 0.210. The smallest absolute Gasteiger partial charge is 0.282 e. The molecule has 0 aliphatic heterocycles. The Balaban J connectivity index is 2.80. The predicted molar refractivity (Wildman–Crippen MR) is 57.2 cm³/mol. The number of nitrogens with zero attached hydrogens (tertiary/aromatic N) is 1. The van der Waals surface area contributed by atoms with Crippen molar-refractivity contribution in [3.8, 4) is 0 Å². The maximum absolute atomic E-state index is 5.44. The Bertz CT molecular complexity index is 84.1. The van der Waals surface area contributed by atoms with Gasteiger partial charge in [-0.25, -0.2) is 0 Å². The van der Waals surface area contributed by atoms with Crippen molar-refractivity contribution in [2.24, 2.45) is 0 Å². The highest BCUT2D eigenvalue weighted by molar-refractivity contribution is 6.41. The van der Waals surface area contributed by atoms with Gasteiger partial charge < -0.3 is 13.1 Å². The first-order valence-corrected chi connectivity index (χ1v) is 7.53. The van der Waals surface area contributed by atoms with Gasteiger partial charge in [0.1, 0.15) is 20.2 Å². The van der Waals surface area contributed by atoms with Crippen LogP contribution >= 0.6 is 0 Å². The van der Waals surface area contributed by atoms with E-state index in [1.807, 2.05) is 0 Å². The van der Waals surface area contributed by atoms with Crippen LogP contribution in [0, 0.1) is 0 Å². The van der Waals surface area contributed by atoms with Crippen molar-refractivity contribution in [2.45, 2.75) is 12.5 Å². The molecule has 6 heteroatoms. The quantitative estimate of drug-likeness (QED) is 0.349. The molecule has 0 amide bonds. The molecule has 0 fully saturated rings. The molecular weight excluding hydrogens is 190 g/mol. The molecule has 0 radical (unpaired) electrons. The molecule has 0 saturated carbocycles. The van der Waals surface area contributed by atoms with Gasteiger partial charge in [-0.2, -0.15) is 0 Å². The SMILES string of the molecule is CN(C)CCC[SiH2]O[SiH2]O[SiH3]. The van der Waals surface area contributed by atoms with Crippen LogP contribution < -0.4 is 0 Å². The van der Waals surface area contributed by atoms with Crippen LogP contribution in [-0.4, -0.2) is 55.8 Å². The van der Waals surface area contributed by atoms with Crippen molar-refractivity contribution in [1.82, 2.24) is 4.90 Å². The van der Waals surface area contributed by atoms with E-state index < -0.39 is 10.0 Å². The summed E-state index contributed by atoms with van der Waals surface area (Å²) in [5.41, 5.74) is 0. The van der Waals surface area contributed by atoms with Gasteiger partial charge in [0.2, 0.25) is 0 Å². The Kier molecular flexibility index (Phi) is 9.04. The molecule has 11 heavy (non-hydrogen) atoms. The van der Waals surface area contributed by atoms with Crippen molar-refractivity contribution in [3.05, 3.63) is 0 Å². The Morgan fingerprint density at radius 3 is 2.73 bits per heavy atom. The Hall–Kier alpha value is 0.531. The highest BCUT2D eigenvalue weighted by Gasteiger charge is 1.91. The van der Waals surface area contributed by atoms with E-state index in [0.717, 1.165) is 10.5 Å². The maximum atomic E-state index is 5.44. The van der Waals surface area contributed by atoms with E-state index in [9.17, 15) is 0 Å². The van der Waals surface area contributed by atoms with Gasteiger partial charge >= 0.3 is 0 Å². The van der Waals surface area contributed by atoms with Gasteiger partial charge in [0.15, 0.2) is 0 Å². The van der Waals surface area contributed by atoms with Crippen molar-refractivity contribution in [1.29, 1.82) is 0 Å². The molecular formula is C5H19NO2Si3. The Labute approximate surface area is 77.0 Å². The average molecular weight is 209 g/mol. The highest BCUT2D eigenvalue weighted by Crippen LogP contribution is 1.90. The molecule has 0 aliphatic carbocycles. The van der Waals surface area contributed by atoms with Crippen LogP contribution in [-0.2, 0) is 8.23 Å². The molecule has 0 aromatic heterocycles. The molecule has 0 spiro atoms. The van der Waals surface area contributed by atoms with E-state index in [1.165, 1.54) is 19.0 Å². The maximum Gasteiger partial charge on any atom is 0.282 e. The van der Waals surface area contributed by atoms with Gasteiger partial charge in [-0.05, 0) is 33.1 Å². The minimum Gasteiger partial charge on any atom is -0.449 e. The zero-order valence-electron chi connectivity index (χ0n) is 7.80. The summed E-state index contributed by atoms with van der Waals surface area (Å²) >= 11 is 0. The molecule has 0 aliphatic rings. The summed E-state index contributed by atoms with van der Waals surface area (Å²) < 4.78 is 10.5. The Morgan fingerprint density at radius 1 is 1.45 bits per heavy atom. The van der Waals surface area contributed by atoms with Crippen LogP contribution in [0.4, 0.5) is 0 Å². The third kappa shape index (κ3) is 10.5. The third-order valence-corrected chi connectivity index (χ3v) is 4.90. The van der Waals surface area contributed by atoms with Crippen LogP contribution in [0.2, 0.25) is 6.04 Å². The summed E-state index contributed by atoms with van der Waals surface area (Å²) in [4.78, 5) is 2.22. The summed E-state index contributed by atoms with van der Waals surface area (Å²) in [5.74, 6) is 0. The second-order valence-corrected chi connectivity index (χ2v) is 8.12. The zero-order chi connectivity index (χ0) is 8.53. The van der Waals surface area contributed by atoms with E-state index in [-0.39, 0.29) is 9.76 Å². The first-order valence-electron chi connectivity index (χ1n) is 3.98. The molecule has 0 saturated heterocycles. The van der Waals surface area contributed by atoms with Gasteiger partial charge in [-0.3, -0.25) is 0 Å². The van der Waals surface area contributed by atoms with Crippen molar-refractivity contribution in [3.63, 3.8) is 0 Å². The topological polar surface area (TPSA) is 21.7 Å². The van der Waals surface area contributed by atoms with Gasteiger partial charge in [0.25, 0.3) is 10.0 Å². The normalized spacial score (nSPS) is 13.4. The summed E-state index contributed by atoms with van der Waals surface area (Å²) in [6, 6.07) is 1.30. The van der Waals surface area contributed by atoms with E-state index in [1.54, 1.807) is 0 Å². The van der Waals surface area contributed by atoms with Crippen LogP contribution in [0.25, 0.3) is 0 Å². The monoisotopic (exact) mass is 209 g/mol. The summed E-state index contributed by atoms with van der Waals surface area (Å²) in [7, 11) is 4.35. The van der Waals surface area contributed by atoms with Gasteiger partial charge in [-0.15, -0.1) is 0 Å². The van der Waals surface area contributed by atoms with Crippen LogP contribution in [0.3, 0.4) is 0 Å². The molecule has 0 heterocycles. The van der Waals surface area contributed by atoms with Crippen molar-refractivity contribution >= 4 is 30.3 Å². The lowest BCUT2D eigenvalue weighted by molar-refractivity contribution is 0.405. The predicted octanol–water partition coefficient (Wildman–Crippen LogP) is -2.25. The van der Waals surface area contributed by atoms with E-state index in [2.05, 4.69) is 19.0 Å². The fourth-order valence-corrected chi connectivity index (χ4v) is 4.66. The molecule has 0 bridgehead atoms. The first-order chi connectivity index (χ1) is 5.27. The lowest BCUT2D eigenvalue weighted by Crippen LogP contribution is -2.14. The first kappa shape index (κ1) is 11.5.